The van der Waals surface area contributed by atoms with E-state index in [1.807, 2.05) is 19.9 Å². The molecular formula is C14H23NO2. The SMILES string of the molecule is C=CCCOCCNC(C)c1cc(C)oc1C. The van der Waals surface area contributed by atoms with Crippen molar-refractivity contribution >= 4 is 0 Å². The molecular weight excluding hydrogens is 214 g/mol. The first-order valence-electron chi connectivity index (χ1n) is 6.14. The van der Waals surface area contributed by atoms with Crippen molar-refractivity contribution in [3.05, 3.63) is 35.8 Å². The molecule has 0 saturated heterocycles. The monoisotopic (exact) mass is 237 g/mol. The summed E-state index contributed by atoms with van der Waals surface area (Å²) in [5.74, 6) is 1.96. The molecule has 1 rings (SSSR count). The molecule has 0 spiro atoms. The van der Waals surface area contributed by atoms with Gasteiger partial charge >= 0.3 is 0 Å². The van der Waals surface area contributed by atoms with Gasteiger partial charge in [0.15, 0.2) is 0 Å². The number of aryl methyl sites for hydroxylation is 2. The van der Waals surface area contributed by atoms with Crippen molar-refractivity contribution in [3.63, 3.8) is 0 Å². The van der Waals surface area contributed by atoms with Crippen LogP contribution in [0.3, 0.4) is 0 Å². The molecule has 0 fully saturated rings. The van der Waals surface area contributed by atoms with Gasteiger partial charge in [-0.1, -0.05) is 6.08 Å². The third kappa shape index (κ3) is 4.75. The molecule has 1 atom stereocenters. The molecule has 1 aromatic rings. The maximum atomic E-state index is 5.51. The van der Waals surface area contributed by atoms with Gasteiger partial charge in [-0.05, 0) is 33.3 Å². The summed E-state index contributed by atoms with van der Waals surface area (Å²) < 4.78 is 11.0. The van der Waals surface area contributed by atoms with Crippen molar-refractivity contribution in [2.45, 2.75) is 33.2 Å². The summed E-state index contributed by atoms with van der Waals surface area (Å²) in [6.07, 6.45) is 2.78. The molecule has 0 aliphatic heterocycles. The van der Waals surface area contributed by atoms with Gasteiger partial charge in [-0.25, -0.2) is 0 Å². The van der Waals surface area contributed by atoms with Crippen LogP contribution in [0.25, 0.3) is 0 Å². The summed E-state index contributed by atoms with van der Waals surface area (Å²) >= 11 is 0. The average molecular weight is 237 g/mol. The van der Waals surface area contributed by atoms with E-state index in [4.69, 9.17) is 9.15 Å². The zero-order valence-electron chi connectivity index (χ0n) is 11.1. The van der Waals surface area contributed by atoms with Crippen LogP contribution in [0.2, 0.25) is 0 Å². The van der Waals surface area contributed by atoms with Gasteiger partial charge in [0.05, 0.1) is 13.2 Å². The van der Waals surface area contributed by atoms with E-state index in [-0.39, 0.29) is 0 Å². The van der Waals surface area contributed by atoms with Crippen LogP contribution in [0.5, 0.6) is 0 Å². The van der Waals surface area contributed by atoms with E-state index < -0.39 is 0 Å². The van der Waals surface area contributed by atoms with Gasteiger partial charge in [0, 0.05) is 18.2 Å². The molecule has 1 N–H and O–H groups in total. The number of ether oxygens (including phenoxy) is 1. The first-order chi connectivity index (χ1) is 8.15. The second kappa shape index (κ2) is 7.30. The molecule has 96 valence electrons. The number of furan rings is 1. The molecule has 0 aliphatic rings. The largest absolute Gasteiger partial charge is 0.466 e. The highest BCUT2D eigenvalue weighted by Crippen LogP contribution is 2.20. The highest BCUT2D eigenvalue weighted by molar-refractivity contribution is 5.23. The predicted molar refractivity (Wildman–Crippen MR) is 70.2 cm³/mol. The molecule has 1 aromatic heterocycles. The second-order valence-electron chi connectivity index (χ2n) is 4.23. The highest BCUT2D eigenvalue weighted by Gasteiger charge is 2.11. The molecule has 1 heterocycles. The lowest BCUT2D eigenvalue weighted by atomic mass is 10.1. The summed E-state index contributed by atoms with van der Waals surface area (Å²) in [7, 11) is 0. The normalized spacial score (nSPS) is 12.6. The Kier molecular flexibility index (Phi) is 6.01. The van der Waals surface area contributed by atoms with Gasteiger partial charge in [0.1, 0.15) is 11.5 Å². The van der Waals surface area contributed by atoms with Gasteiger partial charge < -0.3 is 14.5 Å². The molecule has 0 aromatic carbocycles. The fraction of sp³-hybridized carbons (Fsp3) is 0.571. The Morgan fingerprint density at radius 2 is 2.24 bits per heavy atom. The summed E-state index contributed by atoms with van der Waals surface area (Å²) in [4.78, 5) is 0. The van der Waals surface area contributed by atoms with Crippen LogP contribution in [0.15, 0.2) is 23.1 Å². The predicted octanol–water partition coefficient (Wildman–Crippen LogP) is 3.14. The van der Waals surface area contributed by atoms with E-state index in [1.165, 1.54) is 5.56 Å². The number of hydrogen-bond donors (Lipinski definition) is 1. The fourth-order valence-corrected chi connectivity index (χ4v) is 1.81. The molecule has 17 heavy (non-hydrogen) atoms. The number of nitrogens with one attached hydrogen (secondary N) is 1. The molecule has 0 saturated carbocycles. The Hall–Kier alpha value is -1.06. The topological polar surface area (TPSA) is 34.4 Å². The Morgan fingerprint density at radius 3 is 2.82 bits per heavy atom. The minimum Gasteiger partial charge on any atom is -0.466 e. The minimum atomic E-state index is 0.301. The van der Waals surface area contributed by atoms with Gasteiger partial charge in [-0.2, -0.15) is 0 Å². The van der Waals surface area contributed by atoms with Crippen LogP contribution in [0.4, 0.5) is 0 Å². The van der Waals surface area contributed by atoms with E-state index in [2.05, 4.69) is 24.9 Å². The van der Waals surface area contributed by atoms with Crippen molar-refractivity contribution in [2.24, 2.45) is 0 Å². The van der Waals surface area contributed by atoms with Crippen molar-refractivity contribution in [2.75, 3.05) is 19.8 Å². The van der Waals surface area contributed by atoms with Crippen LogP contribution in [0, 0.1) is 13.8 Å². The highest BCUT2D eigenvalue weighted by atomic mass is 16.5. The third-order valence-corrected chi connectivity index (χ3v) is 2.71. The summed E-state index contributed by atoms with van der Waals surface area (Å²) in [6, 6.07) is 2.39. The second-order valence-corrected chi connectivity index (χ2v) is 4.23. The molecule has 0 radical (unpaired) electrons. The van der Waals surface area contributed by atoms with E-state index in [9.17, 15) is 0 Å². The van der Waals surface area contributed by atoms with E-state index >= 15 is 0 Å². The molecule has 0 amide bonds. The van der Waals surface area contributed by atoms with Crippen LogP contribution < -0.4 is 5.32 Å². The van der Waals surface area contributed by atoms with Crippen molar-refractivity contribution in [1.29, 1.82) is 0 Å². The van der Waals surface area contributed by atoms with Gasteiger partial charge in [-0.15, -0.1) is 6.58 Å². The number of rotatable bonds is 8. The molecule has 3 nitrogen and oxygen atoms in total. The summed E-state index contributed by atoms with van der Waals surface area (Å²) in [6.45, 7) is 12.1. The third-order valence-electron chi connectivity index (χ3n) is 2.71. The standard InChI is InChI=1S/C14H23NO2/c1-5-6-8-16-9-7-15-12(3)14-10-11(2)17-13(14)4/h5,10,12,15H,1,6-9H2,2-4H3. The van der Waals surface area contributed by atoms with Crippen molar-refractivity contribution in [1.82, 2.24) is 5.32 Å². The zero-order valence-corrected chi connectivity index (χ0v) is 11.1. The zero-order chi connectivity index (χ0) is 12.7. The Bertz CT molecular complexity index is 344. The molecule has 3 heteroatoms. The fourth-order valence-electron chi connectivity index (χ4n) is 1.81. The van der Waals surface area contributed by atoms with Gasteiger partial charge in [0.25, 0.3) is 0 Å². The van der Waals surface area contributed by atoms with Crippen LogP contribution in [-0.2, 0) is 4.74 Å². The van der Waals surface area contributed by atoms with E-state index in [1.54, 1.807) is 0 Å². The summed E-state index contributed by atoms with van der Waals surface area (Å²) in [5.41, 5.74) is 1.23. The quantitative estimate of drug-likeness (QED) is 0.557. The molecule has 0 aliphatic carbocycles. The van der Waals surface area contributed by atoms with Crippen molar-refractivity contribution in [3.8, 4) is 0 Å². The lowest BCUT2D eigenvalue weighted by Gasteiger charge is -2.13. The molecule has 1 unspecified atom stereocenters. The van der Waals surface area contributed by atoms with Crippen LogP contribution in [0.1, 0.15) is 36.5 Å². The van der Waals surface area contributed by atoms with E-state index in [0.717, 1.165) is 37.7 Å². The maximum Gasteiger partial charge on any atom is 0.105 e. The average Bonchev–Trinajstić information content (AvgIpc) is 2.62. The Morgan fingerprint density at radius 1 is 1.47 bits per heavy atom. The van der Waals surface area contributed by atoms with E-state index in [0.29, 0.717) is 6.04 Å². The first-order valence-corrected chi connectivity index (χ1v) is 6.14. The first kappa shape index (κ1) is 14.0. The lowest BCUT2D eigenvalue weighted by molar-refractivity contribution is 0.138. The van der Waals surface area contributed by atoms with Crippen LogP contribution in [-0.4, -0.2) is 19.8 Å². The Balaban J connectivity index is 2.23. The number of hydrogen-bond acceptors (Lipinski definition) is 3. The lowest BCUT2D eigenvalue weighted by Crippen LogP contribution is -2.23. The smallest absolute Gasteiger partial charge is 0.105 e. The van der Waals surface area contributed by atoms with Gasteiger partial charge in [-0.3, -0.25) is 0 Å². The minimum absolute atomic E-state index is 0.301. The molecule has 0 bridgehead atoms. The Labute approximate surface area is 104 Å². The maximum absolute atomic E-state index is 5.51. The summed E-state index contributed by atoms with van der Waals surface area (Å²) in [5, 5.41) is 3.42. The van der Waals surface area contributed by atoms with Crippen molar-refractivity contribution < 1.29 is 9.15 Å². The van der Waals surface area contributed by atoms with Crippen LogP contribution >= 0.6 is 0 Å². The van der Waals surface area contributed by atoms with Gasteiger partial charge in [0.2, 0.25) is 0 Å².